The lowest BCUT2D eigenvalue weighted by atomic mass is 9.99. The number of likely N-dealkylation sites (tertiary alicyclic amines) is 1. The zero-order chi connectivity index (χ0) is 21.6. The van der Waals surface area contributed by atoms with Crippen molar-refractivity contribution in [1.29, 1.82) is 0 Å². The normalized spacial score (nSPS) is 19.0. The highest BCUT2D eigenvalue weighted by Gasteiger charge is 2.54. The minimum absolute atomic E-state index is 0.170. The lowest BCUT2D eigenvalue weighted by Gasteiger charge is -2.49. The summed E-state index contributed by atoms with van der Waals surface area (Å²) in [5.41, 5.74) is 0.417. The maximum Gasteiger partial charge on any atom is 0.332 e. The summed E-state index contributed by atoms with van der Waals surface area (Å²) in [5.74, 6) is -1.06. The second-order valence-electron chi connectivity index (χ2n) is 6.23. The Bertz CT molecular complexity index is 801. The van der Waals surface area contributed by atoms with Crippen LogP contribution in [0.1, 0.15) is 13.8 Å². The number of esters is 1. The number of benzene rings is 1. The molecule has 1 aromatic rings. The van der Waals surface area contributed by atoms with Gasteiger partial charge >= 0.3 is 5.97 Å². The molecule has 2 amide bonds. The number of nitrogens with one attached hydrogen (secondary N) is 1. The molecule has 156 valence electrons. The van der Waals surface area contributed by atoms with Crippen molar-refractivity contribution in [2.75, 3.05) is 13.7 Å². The number of β-lactam (4-membered cyclic amide) rings is 1. The van der Waals surface area contributed by atoms with Crippen molar-refractivity contribution in [3.05, 3.63) is 42.5 Å². The van der Waals surface area contributed by atoms with Crippen LogP contribution >= 0.6 is 21.6 Å². The van der Waals surface area contributed by atoms with E-state index in [0.29, 0.717) is 11.3 Å². The Hall–Kier alpha value is -2.46. The Kier molecular flexibility index (Phi) is 8.15. The fourth-order valence-electron chi connectivity index (χ4n) is 2.66. The van der Waals surface area contributed by atoms with E-state index in [9.17, 15) is 19.2 Å². The number of para-hydroxylation sites is 1. The number of methoxy groups -OCH3 is 1. The van der Waals surface area contributed by atoms with E-state index in [2.05, 4.69) is 11.9 Å². The molecule has 0 aromatic heterocycles. The number of ether oxygens (including phenoxy) is 2. The van der Waals surface area contributed by atoms with E-state index >= 15 is 0 Å². The number of hydrogen-bond acceptors (Lipinski definition) is 8. The summed E-state index contributed by atoms with van der Waals surface area (Å²) in [6.07, 6.45) is 0. The summed E-state index contributed by atoms with van der Waals surface area (Å²) in [6.45, 7) is 6.48. The van der Waals surface area contributed by atoms with Crippen LogP contribution in [0.25, 0.3) is 0 Å². The molecule has 1 saturated heterocycles. The molecule has 0 radical (unpaired) electrons. The lowest BCUT2D eigenvalue weighted by molar-refractivity contribution is -0.161. The van der Waals surface area contributed by atoms with Crippen molar-refractivity contribution in [2.45, 2.75) is 31.3 Å². The van der Waals surface area contributed by atoms with Crippen LogP contribution in [0.3, 0.4) is 0 Å². The summed E-state index contributed by atoms with van der Waals surface area (Å²) >= 11 is 0. The van der Waals surface area contributed by atoms with Gasteiger partial charge in [-0.25, -0.2) is 4.79 Å². The Balaban J connectivity index is 2.08. The van der Waals surface area contributed by atoms with Gasteiger partial charge in [0.15, 0.2) is 17.8 Å². The smallest absolute Gasteiger partial charge is 0.332 e. The van der Waals surface area contributed by atoms with Gasteiger partial charge in [0, 0.05) is 6.92 Å². The van der Waals surface area contributed by atoms with E-state index in [-0.39, 0.29) is 11.7 Å². The number of carbonyl (C=O) groups excluding carboxylic acids is 4. The van der Waals surface area contributed by atoms with E-state index in [0.717, 1.165) is 21.6 Å². The van der Waals surface area contributed by atoms with Crippen molar-refractivity contribution in [2.24, 2.45) is 0 Å². The first-order valence-corrected chi connectivity index (χ1v) is 10.8. The van der Waals surface area contributed by atoms with Crippen molar-refractivity contribution in [3.8, 4) is 5.75 Å². The molecule has 0 aliphatic carbocycles. The van der Waals surface area contributed by atoms with Gasteiger partial charge in [0.2, 0.25) is 5.91 Å². The van der Waals surface area contributed by atoms with Crippen molar-refractivity contribution in [1.82, 2.24) is 10.2 Å². The molecule has 1 heterocycles. The van der Waals surface area contributed by atoms with Gasteiger partial charge in [0.25, 0.3) is 5.91 Å². The van der Waals surface area contributed by atoms with Crippen LogP contribution in [0.5, 0.6) is 5.75 Å². The second kappa shape index (κ2) is 10.4. The van der Waals surface area contributed by atoms with Gasteiger partial charge in [-0.05, 0) is 35.4 Å². The Labute approximate surface area is 176 Å². The number of amides is 2. The minimum atomic E-state index is -0.994. The fraction of sp³-hybridized carbons (Fsp3) is 0.368. The zero-order valence-corrected chi connectivity index (χ0v) is 17.9. The molecule has 2 rings (SSSR count). The minimum Gasteiger partial charge on any atom is -0.484 e. The standard InChI is InChI=1S/C19H22N2O6S2/c1-11(2)16(19(25)26-4)21-17(24)15(18(21)29-28-12(3)22)20-14(23)10-27-13-8-6-5-7-9-13/h5-9,15-16,18H,1,10H2,2-4H3,(H,20,23). The number of rotatable bonds is 9. The molecule has 0 saturated carbocycles. The van der Waals surface area contributed by atoms with E-state index in [1.807, 2.05) is 6.07 Å². The second-order valence-corrected chi connectivity index (χ2v) is 8.72. The molecule has 10 heteroatoms. The summed E-state index contributed by atoms with van der Waals surface area (Å²) in [6, 6.07) is 6.89. The van der Waals surface area contributed by atoms with Gasteiger partial charge in [-0.2, -0.15) is 0 Å². The molecular formula is C19H22N2O6S2. The molecular weight excluding hydrogens is 416 g/mol. The van der Waals surface area contributed by atoms with E-state index in [4.69, 9.17) is 9.47 Å². The molecule has 3 unspecified atom stereocenters. The molecule has 29 heavy (non-hydrogen) atoms. The van der Waals surface area contributed by atoms with Crippen LogP contribution in [0.2, 0.25) is 0 Å². The summed E-state index contributed by atoms with van der Waals surface area (Å²) in [7, 11) is 3.24. The Morgan fingerprint density at radius 1 is 1.24 bits per heavy atom. The average molecular weight is 439 g/mol. The third-order valence-electron chi connectivity index (χ3n) is 3.94. The lowest BCUT2D eigenvalue weighted by Crippen LogP contribution is -2.73. The molecule has 3 atom stereocenters. The first kappa shape index (κ1) is 22.8. The van der Waals surface area contributed by atoms with Gasteiger partial charge < -0.3 is 19.7 Å². The topological polar surface area (TPSA) is 102 Å². The monoisotopic (exact) mass is 438 g/mol. The van der Waals surface area contributed by atoms with Crippen molar-refractivity contribution in [3.63, 3.8) is 0 Å². The largest absolute Gasteiger partial charge is 0.484 e. The predicted molar refractivity (Wildman–Crippen MR) is 111 cm³/mol. The summed E-state index contributed by atoms with van der Waals surface area (Å²) < 4.78 is 10.2. The van der Waals surface area contributed by atoms with Gasteiger partial charge in [-0.15, -0.1) is 0 Å². The Morgan fingerprint density at radius 3 is 2.45 bits per heavy atom. The molecule has 1 aliphatic heterocycles. The maximum absolute atomic E-state index is 12.7. The van der Waals surface area contributed by atoms with Crippen LogP contribution in [-0.4, -0.2) is 59.0 Å². The quantitative estimate of drug-likeness (QED) is 0.269. The Morgan fingerprint density at radius 2 is 1.90 bits per heavy atom. The van der Waals surface area contributed by atoms with Gasteiger partial charge in [-0.1, -0.05) is 35.6 Å². The van der Waals surface area contributed by atoms with Crippen LogP contribution in [0, 0.1) is 0 Å². The van der Waals surface area contributed by atoms with E-state index in [1.54, 1.807) is 31.2 Å². The molecule has 1 aromatic carbocycles. The first-order chi connectivity index (χ1) is 13.8. The number of hydrogen-bond donors (Lipinski definition) is 1. The van der Waals surface area contributed by atoms with Crippen LogP contribution in [-0.2, 0) is 23.9 Å². The predicted octanol–water partition coefficient (Wildman–Crippen LogP) is 1.76. The van der Waals surface area contributed by atoms with Crippen molar-refractivity contribution < 1.29 is 28.7 Å². The van der Waals surface area contributed by atoms with Gasteiger partial charge in [0.1, 0.15) is 17.2 Å². The molecule has 1 fully saturated rings. The van der Waals surface area contributed by atoms with Crippen LogP contribution < -0.4 is 10.1 Å². The van der Waals surface area contributed by atoms with Crippen LogP contribution in [0.4, 0.5) is 0 Å². The SMILES string of the molecule is C=C(C)C(C(=O)OC)N1C(=O)C(NC(=O)COc2ccccc2)C1SSC(C)=O. The highest BCUT2D eigenvalue weighted by molar-refractivity contribution is 8.82. The summed E-state index contributed by atoms with van der Waals surface area (Å²) in [4.78, 5) is 49.8. The summed E-state index contributed by atoms with van der Waals surface area (Å²) in [5, 5.41) is 1.80. The molecule has 0 bridgehead atoms. The van der Waals surface area contributed by atoms with E-state index < -0.39 is 35.2 Å². The van der Waals surface area contributed by atoms with Crippen molar-refractivity contribution >= 4 is 44.5 Å². The number of nitrogens with zero attached hydrogens (tertiary/aromatic N) is 1. The fourth-order valence-corrected chi connectivity index (χ4v) is 4.82. The highest BCUT2D eigenvalue weighted by Crippen LogP contribution is 2.40. The van der Waals surface area contributed by atoms with E-state index in [1.165, 1.54) is 18.9 Å². The average Bonchev–Trinajstić information content (AvgIpc) is 2.70. The first-order valence-electron chi connectivity index (χ1n) is 8.62. The zero-order valence-electron chi connectivity index (χ0n) is 16.2. The van der Waals surface area contributed by atoms with Gasteiger partial charge in [-0.3, -0.25) is 14.4 Å². The molecule has 8 nitrogen and oxygen atoms in total. The third-order valence-corrected chi connectivity index (χ3v) is 6.55. The number of carbonyl (C=O) groups is 4. The molecule has 0 spiro atoms. The molecule has 1 aliphatic rings. The highest BCUT2D eigenvalue weighted by atomic mass is 33.1. The molecule has 1 N–H and O–H groups in total. The van der Waals surface area contributed by atoms with Gasteiger partial charge in [0.05, 0.1) is 7.11 Å². The maximum atomic E-state index is 12.7. The van der Waals surface area contributed by atoms with Crippen LogP contribution in [0.15, 0.2) is 42.5 Å². The third kappa shape index (κ3) is 5.77.